The van der Waals surface area contributed by atoms with Crippen molar-refractivity contribution in [1.82, 2.24) is 4.57 Å². The maximum atomic E-state index is 11.6. The van der Waals surface area contributed by atoms with Gasteiger partial charge in [0.2, 0.25) is 0 Å². The van der Waals surface area contributed by atoms with Crippen LogP contribution in [0, 0.1) is 0 Å². The summed E-state index contributed by atoms with van der Waals surface area (Å²) < 4.78 is 1.19. The molecular weight excluding hydrogens is 297 g/mol. The lowest BCUT2D eigenvalue weighted by atomic mass is 10.2. The fourth-order valence-electron chi connectivity index (χ4n) is 1.50. The van der Waals surface area contributed by atoms with Gasteiger partial charge in [-0.3, -0.25) is 14.2 Å². The van der Waals surface area contributed by atoms with E-state index in [1.807, 2.05) is 0 Å². The Hall–Kier alpha value is -1.30. The summed E-state index contributed by atoms with van der Waals surface area (Å²) in [6.45, 7) is -0.377. The molecule has 1 aromatic carbocycles. The summed E-state index contributed by atoms with van der Waals surface area (Å²) in [5.74, 6) is -1.07. The highest BCUT2D eigenvalue weighted by Gasteiger charge is 2.12. The molecule has 0 spiro atoms. The van der Waals surface area contributed by atoms with Crippen LogP contribution >= 0.6 is 34.5 Å². The summed E-state index contributed by atoms with van der Waals surface area (Å²) in [6.07, 6.45) is 0. The zero-order chi connectivity index (χ0) is 13.3. The number of carbonyl (C=O) groups is 1. The number of benzene rings is 1. The third-order valence-electron chi connectivity index (χ3n) is 2.29. The van der Waals surface area contributed by atoms with E-state index in [1.165, 1.54) is 4.57 Å². The minimum atomic E-state index is -1.07. The van der Waals surface area contributed by atoms with Gasteiger partial charge in [-0.25, -0.2) is 0 Å². The van der Waals surface area contributed by atoms with Crippen LogP contribution in [0.15, 0.2) is 28.4 Å². The second kappa shape index (κ2) is 5.14. The van der Waals surface area contributed by atoms with Crippen molar-refractivity contribution >= 4 is 40.5 Å². The monoisotopic (exact) mass is 303 g/mol. The standard InChI is InChI=1S/C11H7Cl2NO3S/c12-7-2-1-6(3-8(7)13)9-5-18-11(17)14(9)4-10(15)16/h1-3,5H,4H2,(H,15,16). The SMILES string of the molecule is O=C(O)Cn1c(-c2ccc(Cl)c(Cl)c2)csc1=O. The Morgan fingerprint density at radius 1 is 1.33 bits per heavy atom. The molecule has 0 radical (unpaired) electrons. The average Bonchev–Trinajstić information content (AvgIpc) is 2.64. The first-order chi connectivity index (χ1) is 8.49. The van der Waals surface area contributed by atoms with Crippen LogP contribution in [0.5, 0.6) is 0 Å². The van der Waals surface area contributed by atoms with E-state index in [9.17, 15) is 9.59 Å². The van der Waals surface area contributed by atoms with Gasteiger partial charge in [0.1, 0.15) is 6.54 Å². The molecule has 4 nitrogen and oxygen atoms in total. The highest BCUT2D eigenvalue weighted by atomic mass is 35.5. The third kappa shape index (κ3) is 2.58. The number of hydrogen-bond acceptors (Lipinski definition) is 3. The fourth-order valence-corrected chi connectivity index (χ4v) is 2.56. The van der Waals surface area contributed by atoms with E-state index in [4.69, 9.17) is 28.3 Å². The van der Waals surface area contributed by atoms with E-state index >= 15 is 0 Å². The first-order valence-electron chi connectivity index (χ1n) is 4.84. The molecule has 0 unspecified atom stereocenters. The molecule has 1 heterocycles. The topological polar surface area (TPSA) is 59.3 Å². The van der Waals surface area contributed by atoms with Gasteiger partial charge in [-0.2, -0.15) is 0 Å². The number of carboxylic acid groups (broad SMARTS) is 1. The molecule has 7 heteroatoms. The molecule has 2 rings (SSSR count). The van der Waals surface area contributed by atoms with E-state index in [2.05, 4.69) is 0 Å². The molecule has 0 saturated carbocycles. The van der Waals surface area contributed by atoms with Crippen LogP contribution in [0.4, 0.5) is 0 Å². The summed E-state index contributed by atoms with van der Waals surface area (Å²) in [5, 5.41) is 11.1. The van der Waals surface area contributed by atoms with Gasteiger partial charge in [-0.05, 0) is 12.1 Å². The van der Waals surface area contributed by atoms with Crippen molar-refractivity contribution in [3.05, 3.63) is 43.3 Å². The van der Waals surface area contributed by atoms with E-state index < -0.39 is 5.97 Å². The van der Waals surface area contributed by atoms with Crippen molar-refractivity contribution in [1.29, 1.82) is 0 Å². The van der Waals surface area contributed by atoms with Crippen molar-refractivity contribution in [2.45, 2.75) is 6.54 Å². The fraction of sp³-hybridized carbons (Fsp3) is 0.0909. The average molecular weight is 304 g/mol. The molecule has 0 bridgehead atoms. The molecule has 0 amide bonds. The molecule has 1 N–H and O–H groups in total. The largest absolute Gasteiger partial charge is 0.480 e. The van der Waals surface area contributed by atoms with Crippen molar-refractivity contribution in [3.63, 3.8) is 0 Å². The second-order valence-corrected chi connectivity index (χ2v) is 5.13. The molecular formula is C11H7Cl2NO3S. The lowest BCUT2D eigenvalue weighted by Gasteiger charge is -2.06. The maximum Gasteiger partial charge on any atom is 0.323 e. The first kappa shape index (κ1) is 13.1. The van der Waals surface area contributed by atoms with Crippen molar-refractivity contribution in [2.24, 2.45) is 0 Å². The van der Waals surface area contributed by atoms with Crippen molar-refractivity contribution < 1.29 is 9.90 Å². The van der Waals surface area contributed by atoms with Crippen LogP contribution in [-0.2, 0) is 11.3 Å². The van der Waals surface area contributed by atoms with Crippen molar-refractivity contribution in [2.75, 3.05) is 0 Å². The predicted octanol–water partition coefficient (Wildman–Crippen LogP) is 2.97. The zero-order valence-electron chi connectivity index (χ0n) is 8.89. The van der Waals surface area contributed by atoms with Crippen LogP contribution in [0.1, 0.15) is 0 Å². The van der Waals surface area contributed by atoms with Gasteiger partial charge < -0.3 is 5.11 Å². The highest BCUT2D eigenvalue weighted by Crippen LogP contribution is 2.28. The molecule has 94 valence electrons. The summed E-state index contributed by atoms with van der Waals surface area (Å²) in [7, 11) is 0. The lowest BCUT2D eigenvalue weighted by Crippen LogP contribution is -2.19. The molecule has 18 heavy (non-hydrogen) atoms. The third-order valence-corrected chi connectivity index (χ3v) is 3.79. The number of aromatic nitrogens is 1. The Morgan fingerprint density at radius 2 is 2.06 bits per heavy atom. The number of hydrogen-bond donors (Lipinski definition) is 1. The summed E-state index contributed by atoms with van der Waals surface area (Å²) in [5.41, 5.74) is 1.18. The molecule has 1 aromatic heterocycles. The Kier molecular flexibility index (Phi) is 3.75. The van der Waals surface area contributed by atoms with Gasteiger partial charge in [0.15, 0.2) is 0 Å². The number of nitrogens with zero attached hydrogens (tertiary/aromatic N) is 1. The molecule has 0 aliphatic heterocycles. The van der Waals surface area contributed by atoms with E-state index in [-0.39, 0.29) is 11.4 Å². The van der Waals surface area contributed by atoms with Gasteiger partial charge in [-0.15, -0.1) is 0 Å². The molecule has 0 saturated heterocycles. The van der Waals surface area contributed by atoms with Crippen molar-refractivity contribution in [3.8, 4) is 11.3 Å². The quantitative estimate of drug-likeness (QED) is 0.948. The van der Waals surface area contributed by atoms with Gasteiger partial charge in [-0.1, -0.05) is 40.6 Å². The summed E-state index contributed by atoms with van der Waals surface area (Å²) in [4.78, 5) is 22.0. The van der Waals surface area contributed by atoms with Crippen LogP contribution in [-0.4, -0.2) is 15.6 Å². The first-order valence-corrected chi connectivity index (χ1v) is 6.48. The van der Waals surface area contributed by atoms with E-state index in [0.717, 1.165) is 11.3 Å². The Morgan fingerprint density at radius 3 is 2.67 bits per heavy atom. The minimum absolute atomic E-state index is 0.321. The Balaban J connectivity index is 2.53. The minimum Gasteiger partial charge on any atom is -0.480 e. The van der Waals surface area contributed by atoms with E-state index in [1.54, 1.807) is 23.6 Å². The Labute approximate surface area is 116 Å². The predicted molar refractivity (Wildman–Crippen MR) is 71.7 cm³/mol. The second-order valence-electron chi connectivity index (χ2n) is 3.50. The smallest absolute Gasteiger partial charge is 0.323 e. The normalized spacial score (nSPS) is 10.6. The van der Waals surface area contributed by atoms with Crippen LogP contribution < -0.4 is 4.87 Å². The maximum absolute atomic E-state index is 11.6. The van der Waals surface area contributed by atoms with E-state index in [0.29, 0.717) is 21.3 Å². The summed E-state index contributed by atoms with van der Waals surface area (Å²) >= 11 is 12.6. The Bertz CT molecular complexity index is 663. The number of thiazole rings is 1. The molecule has 2 aromatic rings. The highest BCUT2D eigenvalue weighted by molar-refractivity contribution is 7.07. The molecule has 0 fully saturated rings. The lowest BCUT2D eigenvalue weighted by molar-refractivity contribution is -0.137. The molecule has 0 aliphatic rings. The molecule has 0 atom stereocenters. The zero-order valence-corrected chi connectivity index (χ0v) is 11.2. The van der Waals surface area contributed by atoms with Gasteiger partial charge in [0, 0.05) is 10.9 Å². The van der Waals surface area contributed by atoms with Gasteiger partial charge >= 0.3 is 10.8 Å². The van der Waals surface area contributed by atoms with Crippen LogP contribution in [0.25, 0.3) is 11.3 Å². The number of aliphatic carboxylic acids is 1. The van der Waals surface area contributed by atoms with Gasteiger partial charge in [0.05, 0.1) is 15.7 Å². The van der Waals surface area contributed by atoms with Crippen LogP contribution in [0.3, 0.4) is 0 Å². The number of carboxylic acids is 1. The number of halogens is 2. The van der Waals surface area contributed by atoms with Crippen LogP contribution in [0.2, 0.25) is 10.0 Å². The summed E-state index contributed by atoms with van der Waals surface area (Å²) in [6, 6.07) is 4.89. The van der Waals surface area contributed by atoms with Gasteiger partial charge in [0.25, 0.3) is 0 Å². The molecule has 0 aliphatic carbocycles. The number of rotatable bonds is 3.